The molecule has 6 heteroatoms. The Bertz CT molecular complexity index is 452. The summed E-state index contributed by atoms with van der Waals surface area (Å²) in [5.74, 6) is 0.600. The maximum Gasteiger partial charge on any atom is 0.223 e. The van der Waals surface area contributed by atoms with Crippen LogP contribution in [0, 0.1) is 0 Å². The Kier molecular flexibility index (Phi) is 3.20. The largest absolute Gasteiger partial charge is 0.343 e. The van der Waals surface area contributed by atoms with Crippen molar-refractivity contribution in [3.8, 4) is 0 Å². The normalized spacial score (nSPS) is 11.4. The fourth-order valence-corrected chi connectivity index (χ4v) is 2.16. The Labute approximate surface area is 106 Å². The van der Waals surface area contributed by atoms with Crippen molar-refractivity contribution < 1.29 is 0 Å². The standard InChI is InChI=1S/C10H11BrN4S/c1-10(2,8-12-3-4-16-8)15-9-13-5-7(11)6-14-9/h3-6H,1-2H3,(H,13,14,15). The fraction of sp³-hybridized carbons (Fsp3) is 0.300. The second-order valence-corrected chi connectivity index (χ2v) is 5.62. The molecule has 0 radical (unpaired) electrons. The number of hydrogen-bond acceptors (Lipinski definition) is 5. The van der Waals surface area contributed by atoms with Gasteiger partial charge >= 0.3 is 0 Å². The summed E-state index contributed by atoms with van der Waals surface area (Å²) in [5, 5.41) is 6.23. The zero-order chi connectivity index (χ0) is 11.6. The van der Waals surface area contributed by atoms with Gasteiger partial charge in [0.15, 0.2) is 0 Å². The minimum absolute atomic E-state index is 0.262. The van der Waals surface area contributed by atoms with Gasteiger partial charge in [-0.15, -0.1) is 11.3 Å². The van der Waals surface area contributed by atoms with Gasteiger partial charge in [-0.25, -0.2) is 15.0 Å². The van der Waals surface area contributed by atoms with Crippen LogP contribution in [0.5, 0.6) is 0 Å². The third-order valence-corrected chi connectivity index (χ3v) is 3.52. The average molecular weight is 299 g/mol. The molecule has 0 amide bonds. The molecule has 2 heterocycles. The highest BCUT2D eigenvalue weighted by Gasteiger charge is 2.23. The van der Waals surface area contributed by atoms with Crippen LogP contribution >= 0.6 is 27.3 Å². The van der Waals surface area contributed by atoms with E-state index < -0.39 is 0 Å². The fourth-order valence-electron chi connectivity index (χ4n) is 1.24. The van der Waals surface area contributed by atoms with E-state index in [1.54, 1.807) is 29.9 Å². The molecule has 0 saturated carbocycles. The highest BCUT2D eigenvalue weighted by molar-refractivity contribution is 9.10. The van der Waals surface area contributed by atoms with Gasteiger partial charge < -0.3 is 5.32 Å². The lowest BCUT2D eigenvalue weighted by atomic mass is 10.1. The van der Waals surface area contributed by atoms with Crippen molar-refractivity contribution in [1.29, 1.82) is 0 Å². The van der Waals surface area contributed by atoms with E-state index in [0.717, 1.165) is 9.48 Å². The minimum atomic E-state index is -0.262. The van der Waals surface area contributed by atoms with Gasteiger partial charge in [-0.3, -0.25) is 0 Å². The van der Waals surface area contributed by atoms with E-state index in [4.69, 9.17) is 0 Å². The lowest BCUT2D eigenvalue weighted by Gasteiger charge is -2.23. The third-order valence-electron chi connectivity index (χ3n) is 2.01. The summed E-state index contributed by atoms with van der Waals surface area (Å²) >= 11 is 4.91. The summed E-state index contributed by atoms with van der Waals surface area (Å²) in [7, 11) is 0. The molecule has 0 aliphatic carbocycles. The van der Waals surface area contributed by atoms with Crippen LogP contribution < -0.4 is 5.32 Å². The minimum Gasteiger partial charge on any atom is -0.343 e. The number of thiazole rings is 1. The maximum absolute atomic E-state index is 4.29. The summed E-state index contributed by atoms with van der Waals surface area (Å²) in [6.07, 6.45) is 5.23. The van der Waals surface area contributed by atoms with Crippen LogP contribution in [0.15, 0.2) is 28.4 Å². The van der Waals surface area contributed by atoms with Gasteiger partial charge in [0.2, 0.25) is 5.95 Å². The predicted molar refractivity (Wildman–Crippen MR) is 68.5 cm³/mol. The molecule has 1 N–H and O–H groups in total. The Balaban J connectivity index is 2.18. The molecular weight excluding hydrogens is 288 g/mol. The van der Waals surface area contributed by atoms with Crippen molar-refractivity contribution in [3.63, 3.8) is 0 Å². The van der Waals surface area contributed by atoms with Gasteiger partial charge in [0.25, 0.3) is 0 Å². The zero-order valence-electron chi connectivity index (χ0n) is 8.94. The third kappa shape index (κ3) is 2.56. The molecule has 0 bridgehead atoms. The molecular formula is C10H11BrN4S. The molecule has 0 spiro atoms. The molecule has 4 nitrogen and oxygen atoms in total. The van der Waals surface area contributed by atoms with E-state index in [-0.39, 0.29) is 5.54 Å². The van der Waals surface area contributed by atoms with Crippen LogP contribution in [-0.4, -0.2) is 15.0 Å². The Morgan fingerprint density at radius 3 is 2.50 bits per heavy atom. The molecule has 2 rings (SSSR count). The van der Waals surface area contributed by atoms with E-state index in [0.29, 0.717) is 5.95 Å². The molecule has 0 fully saturated rings. The second kappa shape index (κ2) is 4.47. The van der Waals surface area contributed by atoms with Crippen LogP contribution in [0.25, 0.3) is 0 Å². The van der Waals surface area contributed by atoms with Gasteiger partial charge in [-0.05, 0) is 29.8 Å². The molecule has 2 aromatic heterocycles. The first-order valence-corrected chi connectivity index (χ1v) is 6.41. The molecule has 0 unspecified atom stereocenters. The number of rotatable bonds is 3. The number of nitrogens with zero attached hydrogens (tertiary/aromatic N) is 3. The monoisotopic (exact) mass is 298 g/mol. The molecule has 16 heavy (non-hydrogen) atoms. The summed E-state index contributed by atoms with van der Waals surface area (Å²) < 4.78 is 0.866. The summed E-state index contributed by atoms with van der Waals surface area (Å²) in [6.45, 7) is 4.11. The Morgan fingerprint density at radius 2 is 1.94 bits per heavy atom. The lowest BCUT2D eigenvalue weighted by molar-refractivity contribution is 0.596. The highest BCUT2D eigenvalue weighted by atomic mass is 79.9. The van der Waals surface area contributed by atoms with Crippen molar-refractivity contribution in [2.75, 3.05) is 5.32 Å². The maximum atomic E-state index is 4.29. The van der Waals surface area contributed by atoms with E-state index in [1.807, 2.05) is 5.38 Å². The predicted octanol–water partition coefficient (Wildman–Crippen LogP) is 3.04. The van der Waals surface area contributed by atoms with Crippen LogP contribution in [0.2, 0.25) is 0 Å². The molecule has 84 valence electrons. The first-order valence-electron chi connectivity index (χ1n) is 4.73. The van der Waals surface area contributed by atoms with Gasteiger partial charge in [0.05, 0.1) is 10.0 Å². The Morgan fingerprint density at radius 1 is 1.25 bits per heavy atom. The number of nitrogens with one attached hydrogen (secondary N) is 1. The van der Waals surface area contributed by atoms with Crippen molar-refractivity contribution in [1.82, 2.24) is 15.0 Å². The van der Waals surface area contributed by atoms with Crippen molar-refractivity contribution in [2.45, 2.75) is 19.4 Å². The SMILES string of the molecule is CC(C)(Nc1ncc(Br)cn1)c1nccs1. The highest BCUT2D eigenvalue weighted by Crippen LogP contribution is 2.25. The molecule has 0 aliphatic heterocycles. The van der Waals surface area contributed by atoms with E-state index in [9.17, 15) is 0 Å². The van der Waals surface area contributed by atoms with Crippen LogP contribution in [-0.2, 0) is 5.54 Å². The topological polar surface area (TPSA) is 50.7 Å². The van der Waals surface area contributed by atoms with Crippen molar-refractivity contribution in [3.05, 3.63) is 33.5 Å². The second-order valence-electron chi connectivity index (χ2n) is 3.81. The summed E-state index contributed by atoms with van der Waals surface area (Å²) in [4.78, 5) is 12.7. The lowest BCUT2D eigenvalue weighted by Crippen LogP contribution is -2.28. The van der Waals surface area contributed by atoms with Crippen LogP contribution in [0.1, 0.15) is 18.9 Å². The van der Waals surface area contributed by atoms with Gasteiger partial charge in [0.1, 0.15) is 5.01 Å². The average Bonchev–Trinajstić information content (AvgIpc) is 2.75. The summed E-state index contributed by atoms with van der Waals surface area (Å²) in [6, 6.07) is 0. The van der Waals surface area contributed by atoms with Crippen LogP contribution in [0.4, 0.5) is 5.95 Å². The zero-order valence-corrected chi connectivity index (χ0v) is 11.3. The number of aromatic nitrogens is 3. The smallest absolute Gasteiger partial charge is 0.223 e. The molecule has 2 aromatic rings. The Hall–Kier alpha value is -1.01. The molecule has 0 saturated heterocycles. The number of halogens is 1. The van der Waals surface area contributed by atoms with Gasteiger partial charge in [-0.2, -0.15) is 0 Å². The molecule has 0 aliphatic rings. The van der Waals surface area contributed by atoms with E-state index in [2.05, 4.69) is 50.0 Å². The first kappa shape index (κ1) is 11.5. The van der Waals surface area contributed by atoms with Crippen LogP contribution in [0.3, 0.4) is 0 Å². The van der Waals surface area contributed by atoms with Gasteiger partial charge in [-0.1, -0.05) is 0 Å². The quantitative estimate of drug-likeness (QED) is 0.946. The molecule has 0 atom stereocenters. The van der Waals surface area contributed by atoms with Gasteiger partial charge in [0, 0.05) is 24.0 Å². The van der Waals surface area contributed by atoms with Crippen molar-refractivity contribution >= 4 is 33.2 Å². The number of anilines is 1. The van der Waals surface area contributed by atoms with Crippen molar-refractivity contribution in [2.24, 2.45) is 0 Å². The van der Waals surface area contributed by atoms with E-state index in [1.165, 1.54) is 0 Å². The first-order chi connectivity index (χ1) is 7.58. The summed E-state index contributed by atoms with van der Waals surface area (Å²) in [5.41, 5.74) is -0.262. The molecule has 0 aromatic carbocycles. The van der Waals surface area contributed by atoms with E-state index >= 15 is 0 Å². The number of hydrogen-bond donors (Lipinski definition) is 1.